The number of carbonyl (C=O) groups excluding carboxylic acids is 1. The minimum atomic E-state index is 0.00838. The molecule has 1 heterocycles. The van der Waals surface area contributed by atoms with Crippen molar-refractivity contribution in [3.63, 3.8) is 0 Å². The SMILES string of the molecule is C=CCC(=O)c1cncc(OCC)c1. The summed E-state index contributed by atoms with van der Waals surface area (Å²) in [5.74, 6) is 0.636. The van der Waals surface area contributed by atoms with Crippen molar-refractivity contribution in [3.8, 4) is 5.75 Å². The van der Waals surface area contributed by atoms with Gasteiger partial charge in [0.15, 0.2) is 5.78 Å². The molecular formula is C11H13NO2. The Labute approximate surface area is 83.4 Å². The van der Waals surface area contributed by atoms with Crippen molar-refractivity contribution in [2.24, 2.45) is 0 Å². The van der Waals surface area contributed by atoms with Gasteiger partial charge in [0.1, 0.15) is 5.75 Å². The van der Waals surface area contributed by atoms with Gasteiger partial charge < -0.3 is 4.74 Å². The van der Waals surface area contributed by atoms with E-state index in [1.54, 1.807) is 18.3 Å². The Morgan fingerprint density at radius 2 is 2.43 bits per heavy atom. The Balaban J connectivity index is 2.82. The van der Waals surface area contributed by atoms with E-state index in [9.17, 15) is 4.79 Å². The number of carbonyl (C=O) groups is 1. The molecule has 1 aromatic rings. The predicted octanol–water partition coefficient (Wildman–Crippen LogP) is 2.24. The molecule has 0 atom stereocenters. The summed E-state index contributed by atoms with van der Waals surface area (Å²) in [6.45, 7) is 5.97. The first kappa shape index (κ1) is 10.4. The molecule has 0 fully saturated rings. The topological polar surface area (TPSA) is 39.2 Å². The van der Waals surface area contributed by atoms with Crippen LogP contribution in [0.25, 0.3) is 0 Å². The van der Waals surface area contributed by atoms with Crippen LogP contribution in [0.15, 0.2) is 31.1 Å². The van der Waals surface area contributed by atoms with Crippen LogP contribution in [-0.2, 0) is 0 Å². The van der Waals surface area contributed by atoms with Crippen LogP contribution in [-0.4, -0.2) is 17.4 Å². The Kier molecular flexibility index (Phi) is 3.85. The van der Waals surface area contributed by atoms with Crippen molar-refractivity contribution in [1.82, 2.24) is 4.98 Å². The van der Waals surface area contributed by atoms with Crippen molar-refractivity contribution in [1.29, 1.82) is 0 Å². The molecule has 0 N–H and O–H groups in total. The Bertz CT molecular complexity index is 334. The third-order valence-electron chi connectivity index (χ3n) is 1.68. The zero-order valence-electron chi connectivity index (χ0n) is 8.19. The van der Waals surface area contributed by atoms with Gasteiger partial charge in [0.25, 0.3) is 0 Å². The zero-order chi connectivity index (χ0) is 10.4. The number of hydrogen-bond donors (Lipinski definition) is 0. The van der Waals surface area contributed by atoms with E-state index < -0.39 is 0 Å². The highest BCUT2D eigenvalue weighted by Gasteiger charge is 2.05. The molecule has 0 saturated heterocycles. The van der Waals surface area contributed by atoms with Crippen molar-refractivity contribution in [3.05, 3.63) is 36.7 Å². The summed E-state index contributed by atoms with van der Waals surface area (Å²) in [7, 11) is 0. The monoisotopic (exact) mass is 191 g/mol. The second-order valence-electron chi connectivity index (χ2n) is 2.76. The number of ketones is 1. The smallest absolute Gasteiger partial charge is 0.168 e. The number of pyridine rings is 1. The van der Waals surface area contributed by atoms with Crippen LogP contribution in [0, 0.1) is 0 Å². The molecule has 1 aromatic heterocycles. The quantitative estimate of drug-likeness (QED) is 0.529. The predicted molar refractivity (Wildman–Crippen MR) is 54.6 cm³/mol. The van der Waals surface area contributed by atoms with Crippen molar-refractivity contribution in [2.75, 3.05) is 6.61 Å². The Morgan fingerprint density at radius 3 is 3.07 bits per heavy atom. The molecule has 0 bridgehead atoms. The fourth-order valence-electron chi connectivity index (χ4n) is 1.07. The summed E-state index contributed by atoms with van der Waals surface area (Å²) in [5.41, 5.74) is 0.566. The standard InChI is InChI=1S/C11H13NO2/c1-3-5-11(13)9-6-10(14-4-2)8-12-7-9/h3,6-8H,1,4-5H2,2H3. The molecule has 14 heavy (non-hydrogen) atoms. The maximum absolute atomic E-state index is 11.4. The molecule has 0 aromatic carbocycles. The number of rotatable bonds is 5. The van der Waals surface area contributed by atoms with E-state index in [2.05, 4.69) is 11.6 Å². The number of hydrogen-bond acceptors (Lipinski definition) is 3. The van der Waals surface area contributed by atoms with Crippen molar-refractivity contribution < 1.29 is 9.53 Å². The highest BCUT2D eigenvalue weighted by atomic mass is 16.5. The van der Waals surface area contributed by atoms with E-state index in [-0.39, 0.29) is 5.78 Å². The first-order valence-corrected chi connectivity index (χ1v) is 4.50. The molecule has 3 heteroatoms. The lowest BCUT2D eigenvalue weighted by molar-refractivity contribution is 0.0995. The molecule has 0 aliphatic rings. The maximum Gasteiger partial charge on any atom is 0.168 e. The van der Waals surface area contributed by atoms with Crippen LogP contribution in [0.2, 0.25) is 0 Å². The van der Waals surface area contributed by atoms with Gasteiger partial charge in [-0.15, -0.1) is 6.58 Å². The van der Waals surface area contributed by atoms with Crippen LogP contribution in [0.3, 0.4) is 0 Å². The normalized spacial score (nSPS) is 9.50. The second-order valence-corrected chi connectivity index (χ2v) is 2.76. The number of nitrogens with zero attached hydrogens (tertiary/aromatic N) is 1. The lowest BCUT2D eigenvalue weighted by Crippen LogP contribution is -1.99. The van der Waals surface area contributed by atoms with Crippen LogP contribution in [0.5, 0.6) is 5.75 Å². The number of aromatic nitrogens is 1. The molecule has 74 valence electrons. The third kappa shape index (κ3) is 2.69. The third-order valence-corrected chi connectivity index (χ3v) is 1.68. The molecule has 1 rings (SSSR count). The van der Waals surface area contributed by atoms with Gasteiger partial charge in [-0.3, -0.25) is 9.78 Å². The molecule has 0 unspecified atom stereocenters. The lowest BCUT2D eigenvalue weighted by atomic mass is 10.1. The first-order chi connectivity index (χ1) is 6.77. The fourth-order valence-corrected chi connectivity index (χ4v) is 1.07. The van der Waals surface area contributed by atoms with E-state index >= 15 is 0 Å². The van der Waals surface area contributed by atoms with Crippen molar-refractivity contribution >= 4 is 5.78 Å². The molecule has 3 nitrogen and oxygen atoms in total. The van der Waals surface area contributed by atoms with Crippen molar-refractivity contribution in [2.45, 2.75) is 13.3 Å². The summed E-state index contributed by atoms with van der Waals surface area (Å²) < 4.78 is 5.23. The number of ether oxygens (including phenoxy) is 1. The average molecular weight is 191 g/mol. The van der Waals surface area contributed by atoms with E-state index in [0.29, 0.717) is 24.3 Å². The van der Waals surface area contributed by atoms with Crippen LogP contribution in [0.1, 0.15) is 23.7 Å². The van der Waals surface area contributed by atoms with Crippen LogP contribution in [0.4, 0.5) is 0 Å². The molecule has 0 saturated carbocycles. The lowest BCUT2D eigenvalue weighted by Gasteiger charge is -2.03. The van der Waals surface area contributed by atoms with Crippen LogP contribution >= 0.6 is 0 Å². The molecule has 0 spiro atoms. The van der Waals surface area contributed by atoms with Gasteiger partial charge in [-0.25, -0.2) is 0 Å². The molecule has 0 radical (unpaired) electrons. The molecule has 0 aliphatic carbocycles. The molecular weight excluding hydrogens is 178 g/mol. The summed E-state index contributed by atoms with van der Waals surface area (Å²) in [4.78, 5) is 15.4. The fraction of sp³-hybridized carbons (Fsp3) is 0.273. The van der Waals surface area contributed by atoms with Gasteiger partial charge >= 0.3 is 0 Å². The van der Waals surface area contributed by atoms with E-state index in [1.165, 1.54) is 6.20 Å². The zero-order valence-corrected chi connectivity index (χ0v) is 8.19. The van der Waals surface area contributed by atoms with Crippen LogP contribution < -0.4 is 4.74 Å². The minimum Gasteiger partial charge on any atom is -0.492 e. The van der Waals surface area contributed by atoms with Gasteiger partial charge in [-0.1, -0.05) is 6.08 Å². The molecule has 0 amide bonds. The first-order valence-electron chi connectivity index (χ1n) is 4.50. The minimum absolute atomic E-state index is 0.00838. The van der Waals surface area contributed by atoms with Gasteiger partial charge in [0.05, 0.1) is 12.8 Å². The summed E-state index contributed by atoms with van der Waals surface area (Å²) in [5, 5.41) is 0. The average Bonchev–Trinajstić information content (AvgIpc) is 2.19. The van der Waals surface area contributed by atoms with Gasteiger partial charge in [-0.2, -0.15) is 0 Å². The number of Topliss-reactive ketones (excluding diaryl/α,β-unsaturated/α-hetero) is 1. The van der Waals surface area contributed by atoms with Gasteiger partial charge in [0.2, 0.25) is 0 Å². The summed E-state index contributed by atoms with van der Waals surface area (Å²) in [6.07, 6.45) is 5.04. The van der Waals surface area contributed by atoms with Gasteiger partial charge in [0, 0.05) is 18.2 Å². The highest BCUT2D eigenvalue weighted by Crippen LogP contribution is 2.12. The summed E-state index contributed by atoms with van der Waals surface area (Å²) in [6, 6.07) is 1.70. The van der Waals surface area contributed by atoms with Gasteiger partial charge in [-0.05, 0) is 13.0 Å². The largest absolute Gasteiger partial charge is 0.492 e. The number of allylic oxidation sites excluding steroid dienone is 1. The van der Waals surface area contributed by atoms with E-state index in [4.69, 9.17) is 4.74 Å². The Hall–Kier alpha value is -1.64. The van der Waals surface area contributed by atoms with E-state index in [1.807, 2.05) is 6.92 Å². The summed E-state index contributed by atoms with van der Waals surface area (Å²) >= 11 is 0. The highest BCUT2D eigenvalue weighted by molar-refractivity contribution is 5.96. The second kappa shape index (κ2) is 5.17. The van der Waals surface area contributed by atoms with E-state index in [0.717, 1.165) is 0 Å². The molecule has 0 aliphatic heterocycles. The maximum atomic E-state index is 11.4. The Morgan fingerprint density at radius 1 is 1.64 bits per heavy atom.